The molecule has 2 N–H and O–H groups in total. The van der Waals surface area contributed by atoms with E-state index in [9.17, 15) is 18.8 Å². The number of fused-ring (bicyclic) bond motifs is 4. The number of carbonyl (C=O) groups excluding carboxylic acids is 3. The van der Waals surface area contributed by atoms with Gasteiger partial charge in [-0.2, -0.15) is 10.2 Å². The molecule has 44 heavy (non-hydrogen) atoms. The van der Waals surface area contributed by atoms with Gasteiger partial charge in [0.05, 0.1) is 47.7 Å². The molecule has 1 aliphatic heterocycles. The average Bonchev–Trinajstić information content (AvgIpc) is 3.38. The molecule has 10 nitrogen and oxygen atoms in total. The van der Waals surface area contributed by atoms with E-state index in [0.717, 1.165) is 0 Å². The van der Waals surface area contributed by atoms with Crippen LogP contribution in [0.2, 0.25) is 10.2 Å². The van der Waals surface area contributed by atoms with Crippen molar-refractivity contribution in [3.8, 4) is 16.8 Å². The quantitative estimate of drug-likeness (QED) is 0.255. The maximum atomic E-state index is 14.7. The molecule has 3 heterocycles. The van der Waals surface area contributed by atoms with E-state index in [-0.39, 0.29) is 39.7 Å². The minimum atomic E-state index is -0.647. The number of aromatic nitrogens is 4. The lowest BCUT2D eigenvalue weighted by Gasteiger charge is -2.22. The van der Waals surface area contributed by atoms with Crippen LogP contribution in [0.25, 0.3) is 16.8 Å². The third-order valence-corrected chi connectivity index (χ3v) is 8.20. The van der Waals surface area contributed by atoms with Gasteiger partial charge in [0.1, 0.15) is 5.69 Å². The van der Waals surface area contributed by atoms with Gasteiger partial charge in [-0.25, -0.2) is 9.07 Å². The molecule has 0 radical (unpaired) electrons. The molecule has 0 saturated heterocycles. The summed E-state index contributed by atoms with van der Waals surface area (Å²) in [6, 6.07) is 10.9. The summed E-state index contributed by atoms with van der Waals surface area (Å²) in [5.74, 6) is -2.05. The van der Waals surface area contributed by atoms with E-state index < -0.39 is 23.7 Å². The van der Waals surface area contributed by atoms with Crippen LogP contribution in [-0.4, -0.2) is 44.9 Å². The number of ether oxygens (including phenoxy) is 1. The summed E-state index contributed by atoms with van der Waals surface area (Å²) in [6.07, 6.45) is 2.97. The smallest absolute Gasteiger partial charge is 0.309 e. The number of anilines is 1. The van der Waals surface area contributed by atoms with Crippen molar-refractivity contribution in [2.24, 2.45) is 5.92 Å². The zero-order chi connectivity index (χ0) is 31.5. The zero-order valence-electron chi connectivity index (χ0n) is 24.2. The van der Waals surface area contributed by atoms with Crippen molar-refractivity contribution in [3.05, 3.63) is 87.2 Å². The molecular formula is C31H29Cl2FN6O4. The Bertz CT molecular complexity index is 1760. The maximum absolute atomic E-state index is 14.7. The highest BCUT2D eigenvalue weighted by molar-refractivity contribution is 6.32. The van der Waals surface area contributed by atoms with Crippen LogP contribution in [0, 0.1) is 18.7 Å². The molecule has 2 aromatic heterocycles. The molecule has 2 atom stereocenters. The molecule has 0 aliphatic carbocycles. The van der Waals surface area contributed by atoms with Gasteiger partial charge < -0.3 is 15.4 Å². The molecule has 0 unspecified atom stereocenters. The van der Waals surface area contributed by atoms with Crippen LogP contribution in [0.5, 0.6) is 0 Å². The van der Waals surface area contributed by atoms with Crippen LogP contribution < -0.4 is 10.6 Å². The van der Waals surface area contributed by atoms with Crippen LogP contribution in [0.1, 0.15) is 59.5 Å². The third kappa shape index (κ3) is 6.44. The van der Waals surface area contributed by atoms with Gasteiger partial charge in [0, 0.05) is 22.7 Å². The molecule has 0 saturated carbocycles. The first-order chi connectivity index (χ1) is 21.1. The number of esters is 1. The van der Waals surface area contributed by atoms with E-state index in [4.69, 9.17) is 27.9 Å². The Labute approximate surface area is 262 Å². The summed E-state index contributed by atoms with van der Waals surface area (Å²) in [6.45, 7) is 3.49. The summed E-state index contributed by atoms with van der Waals surface area (Å²) in [7, 11) is 1.31. The normalized spacial score (nSPS) is 16.6. The van der Waals surface area contributed by atoms with Crippen molar-refractivity contribution in [2.45, 2.75) is 45.6 Å². The number of methoxy groups -OCH3 is 1. The minimum absolute atomic E-state index is 0.0246. The molecule has 2 aromatic carbocycles. The number of amides is 2. The molecule has 4 aromatic rings. The van der Waals surface area contributed by atoms with Crippen molar-refractivity contribution in [3.63, 3.8) is 0 Å². The molecule has 2 bridgehead atoms. The Morgan fingerprint density at radius 3 is 2.70 bits per heavy atom. The van der Waals surface area contributed by atoms with E-state index in [0.29, 0.717) is 53.0 Å². The number of hydrogen-bond acceptors (Lipinski definition) is 7. The van der Waals surface area contributed by atoms with Crippen LogP contribution in [-0.2, 0) is 20.7 Å². The van der Waals surface area contributed by atoms with Crippen molar-refractivity contribution in [2.75, 3.05) is 12.4 Å². The van der Waals surface area contributed by atoms with Crippen molar-refractivity contribution in [1.29, 1.82) is 0 Å². The molecule has 5 rings (SSSR count). The summed E-state index contributed by atoms with van der Waals surface area (Å²) < 4.78 is 20.8. The molecular weight excluding hydrogens is 610 g/mol. The van der Waals surface area contributed by atoms with E-state index >= 15 is 0 Å². The Hall–Kier alpha value is -4.35. The SMILES string of the molecule is COC(=O)Cc1ccc2c(c1)NC(=O)[C@H](C)CCC[C@H](NC(=O)c1cnn(-c3cccc(Cl)c3F)c1C)c1cc-2c(Cl)nn1. The molecule has 13 heteroatoms. The highest BCUT2D eigenvalue weighted by atomic mass is 35.5. The van der Waals surface area contributed by atoms with Crippen LogP contribution in [0.3, 0.4) is 0 Å². The first kappa shape index (κ1) is 31.1. The van der Waals surface area contributed by atoms with Gasteiger partial charge in [0.2, 0.25) is 5.91 Å². The van der Waals surface area contributed by atoms with Crippen LogP contribution in [0.15, 0.2) is 48.7 Å². The lowest BCUT2D eigenvalue weighted by molar-refractivity contribution is -0.139. The number of carbonyl (C=O) groups is 3. The summed E-state index contributed by atoms with van der Waals surface area (Å²) in [5.41, 5.74) is 3.42. The number of hydrogen-bond donors (Lipinski definition) is 2. The van der Waals surface area contributed by atoms with Gasteiger partial charge in [-0.15, -0.1) is 5.10 Å². The summed E-state index contributed by atoms with van der Waals surface area (Å²) in [5, 5.41) is 18.7. The fourth-order valence-corrected chi connectivity index (χ4v) is 5.47. The highest BCUT2D eigenvalue weighted by Crippen LogP contribution is 2.36. The molecule has 228 valence electrons. The second-order valence-corrected chi connectivity index (χ2v) is 11.3. The molecule has 0 fully saturated rings. The topological polar surface area (TPSA) is 128 Å². The van der Waals surface area contributed by atoms with Crippen molar-refractivity contribution in [1.82, 2.24) is 25.3 Å². The Balaban J connectivity index is 1.51. The monoisotopic (exact) mass is 638 g/mol. The zero-order valence-corrected chi connectivity index (χ0v) is 25.7. The average molecular weight is 640 g/mol. The predicted molar refractivity (Wildman–Crippen MR) is 163 cm³/mol. The van der Waals surface area contributed by atoms with Crippen LogP contribution >= 0.6 is 23.2 Å². The van der Waals surface area contributed by atoms with Gasteiger partial charge in [-0.1, -0.05) is 54.7 Å². The number of halogens is 3. The lowest BCUT2D eigenvalue weighted by atomic mass is 9.95. The number of nitrogens with one attached hydrogen (secondary N) is 2. The summed E-state index contributed by atoms with van der Waals surface area (Å²) in [4.78, 5) is 38.6. The first-order valence-electron chi connectivity index (χ1n) is 13.9. The second-order valence-electron chi connectivity index (χ2n) is 10.6. The van der Waals surface area contributed by atoms with E-state index in [1.165, 1.54) is 30.1 Å². The Kier molecular flexibility index (Phi) is 9.26. The second kappa shape index (κ2) is 13.1. The number of nitrogens with zero attached hydrogens (tertiary/aromatic N) is 4. The van der Waals surface area contributed by atoms with Gasteiger partial charge in [0.25, 0.3) is 5.91 Å². The standard InChI is InChI=1S/C31H29Cl2FN6O4/c1-16-6-4-8-23(36-31(43)21-15-35-40(17(21)2)26-9-5-7-22(32)28(26)34)25-14-20(29(33)39-38-25)19-11-10-18(13-27(41)44-3)12-24(19)37-30(16)42/h5,7,9-12,14-16,23H,4,6,8,13H2,1-3H3,(H,36,43)(H,37,42)/t16-,23+/m1/s1. The molecule has 2 amide bonds. The molecule has 0 spiro atoms. The van der Waals surface area contributed by atoms with E-state index in [1.54, 1.807) is 37.3 Å². The maximum Gasteiger partial charge on any atom is 0.309 e. The van der Waals surface area contributed by atoms with Gasteiger partial charge in [0.15, 0.2) is 11.0 Å². The first-order valence-corrected chi connectivity index (χ1v) is 14.7. The summed E-state index contributed by atoms with van der Waals surface area (Å²) >= 11 is 12.5. The lowest BCUT2D eigenvalue weighted by Crippen LogP contribution is -2.30. The van der Waals surface area contributed by atoms with Crippen molar-refractivity contribution >= 4 is 46.7 Å². The van der Waals surface area contributed by atoms with Gasteiger partial charge >= 0.3 is 5.97 Å². The van der Waals surface area contributed by atoms with E-state index in [2.05, 4.69) is 25.9 Å². The highest BCUT2D eigenvalue weighted by Gasteiger charge is 2.26. The third-order valence-electron chi connectivity index (χ3n) is 7.63. The number of rotatable bonds is 5. The fourth-order valence-electron chi connectivity index (χ4n) is 5.11. The number of benzene rings is 2. The van der Waals surface area contributed by atoms with E-state index in [1.807, 2.05) is 6.92 Å². The largest absolute Gasteiger partial charge is 0.469 e. The van der Waals surface area contributed by atoms with Crippen LogP contribution in [0.4, 0.5) is 10.1 Å². The minimum Gasteiger partial charge on any atom is -0.469 e. The predicted octanol–water partition coefficient (Wildman–Crippen LogP) is 6.03. The van der Waals surface area contributed by atoms with Gasteiger partial charge in [-0.3, -0.25) is 14.4 Å². The Morgan fingerprint density at radius 2 is 1.93 bits per heavy atom. The molecule has 1 aliphatic rings. The Morgan fingerprint density at radius 1 is 1.14 bits per heavy atom. The van der Waals surface area contributed by atoms with Gasteiger partial charge in [-0.05, 0) is 49.6 Å². The fraction of sp³-hybridized carbons (Fsp3) is 0.290. The van der Waals surface area contributed by atoms with Crippen molar-refractivity contribution < 1.29 is 23.5 Å².